The summed E-state index contributed by atoms with van der Waals surface area (Å²) >= 11 is 6.09. The Morgan fingerprint density at radius 1 is 1.06 bits per heavy atom. The van der Waals surface area contributed by atoms with E-state index in [-0.39, 0.29) is 6.03 Å². The zero-order valence-corrected chi connectivity index (χ0v) is 20.0. The number of hydrogen-bond donors (Lipinski definition) is 1. The standard InChI is InChI=1S/C26H32ClN5O/c1-30-12-7-19(8-13-30)16-29-26(33)31-14-9-20(10-15-31)24-18-32(22-4-2-21(27)3-5-22)25-17-28-11-6-23(24)25/h2-6,11,17-20H,7-10,12-16H2,1H3,(H,29,33). The highest BCUT2D eigenvalue weighted by atomic mass is 35.5. The van der Waals surface area contributed by atoms with Crippen LogP contribution in [0, 0.1) is 5.92 Å². The van der Waals surface area contributed by atoms with Gasteiger partial charge < -0.3 is 19.7 Å². The maximum Gasteiger partial charge on any atom is 0.317 e. The summed E-state index contributed by atoms with van der Waals surface area (Å²) in [6, 6.07) is 10.1. The minimum atomic E-state index is 0.0974. The van der Waals surface area contributed by atoms with Crippen LogP contribution >= 0.6 is 11.6 Å². The lowest BCUT2D eigenvalue weighted by molar-refractivity contribution is 0.173. The van der Waals surface area contributed by atoms with Gasteiger partial charge in [-0.1, -0.05) is 11.6 Å². The molecule has 2 saturated heterocycles. The summed E-state index contributed by atoms with van der Waals surface area (Å²) < 4.78 is 2.20. The molecular weight excluding hydrogens is 434 g/mol. The SMILES string of the molecule is CN1CCC(CNC(=O)N2CCC(c3cn(-c4ccc(Cl)cc4)c4cnccc34)CC2)CC1. The Hall–Kier alpha value is -2.57. The van der Waals surface area contributed by atoms with Crippen LogP contribution in [-0.4, -0.2) is 65.2 Å². The topological polar surface area (TPSA) is 53.4 Å². The average molecular weight is 466 g/mol. The first kappa shape index (κ1) is 22.2. The molecular formula is C26H32ClN5O. The zero-order chi connectivity index (χ0) is 22.8. The largest absolute Gasteiger partial charge is 0.338 e. The normalized spacial score (nSPS) is 18.7. The number of fused-ring (bicyclic) bond motifs is 1. The first-order valence-corrected chi connectivity index (χ1v) is 12.4. The summed E-state index contributed by atoms with van der Waals surface area (Å²) in [5, 5.41) is 5.17. The van der Waals surface area contributed by atoms with Crippen LogP contribution in [0.2, 0.25) is 5.02 Å². The number of pyridine rings is 1. The van der Waals surface area contributed by atoms with E-state index in [1.54, 1.807) is 0 Å². The van der Waals surface area contributed by atoms with E-state index in [1.165, 1.54) is 23.8 Å². The molecule has 2 fully saturated rings. The highest BCUT2D eigenvalue weighted by Gasteiger charge is 2.27. The van der Waals surface area contributed by atoms with Crippen molar-refractivity contribution in [3.63, 3.8) is 0 Å². The second-order valence-electron chi connectivity index (χ2n) is 9.52. The fourth-order valence-corrected chi connectivity index (χ4v) is 5.37. The summed E-state index contributed by atoms with van der Waals surface area (Å²) in [7, 11) is 2.17. The van der Waals surface area contributed by atoms with Gasteiger partial charge in [0.15, 0.2) is 0 Å². The van der Waals surface area contributed by atoms with Crippen LogP contribution in [-0.2, 0) is 0 Å². The number of likely N-dealkylation sites (tertiary alicyclic amines) is 2. The quantitative estimate of drug-likeness (QED) is 0.595. The van der Waals surface area contributed by atoms with E-state index in [1.807, 2.05) is 41.6 Å². The van der Waals surface area contributed by atoms with E-state index in [2.05, 4.69) is 39.1 Å². The summed E-state index contributed by atoms with van der Waals surface area (Å²) in [6.07, 6.45) is 10.3. The number of halogens is 1. The molecule has 0 aliphatic carbocycles. The number of hydrogen-bond acceptors (Lipinski definition) is 3. The first-order chi connectivity index (χ1) is 16.1. The van der Waals surface area contributed by atoms with Crippen molar-refractivity contribution in [1.29, 1.82) is 0 Å². The van der Waals surface area contributed by atoms with Gasteiger partial charge in [0.25, 0.3) is 0 Å². The van der Waals surface area contributed by atoms with E-state index in [4.69, 9.17) is 11.6 Å². The molecule has 0 unspecified atom stereocenters. The number of piperidine rings is 2. The molecule has 0 spiro atoms. The summed E-state index contributed by atoms with van der Waals surface area (Å²) in [4.78, 5) is 21.5. The van der Waals surface area contributed by atoms with Crippen LogP contribution in [0.3, 0.4) is 0 Å². The van der Waals surface area contributed by atoms with Gasteiger partial charge in [-0.15, -0.1) is 0 Å². The van der Waals surface area contributed by atoms with Gasteiger partial charge in [0.05, 0.1) is 11.7 Å². The van der Waals surface area contributed by atoms with Crippen LogP contribution in [0.4, 0.5) is 4.79 Å². The smallest absolute Gasteiger partial charge is 0.317 e. The number of aromatic nitrogens is 2. The molecule has 4 heterocycles. The number of carbonyl (C=O) groups is 1. The summed E-state index contributed by atoms with van der Waals surface area (Å²) in [5.74, 6) is 1.04. The van der Waals surface area contributed by atoms with Gasteiger partial charge in [0, 0.05) is 48.1 Å². The van der Waals surface area contributed by atoms with Crippen LogP contribution in [0.5, 0.6) is 0 Å². The maximum atomic E-state index is 12.8. The number of nitrogens with one attached hydrogen (secondary N) is 1. The lowest BCUT2D eigenvalue weighted by atomic mass is 9.89. The second kappa shape index (κ2) is 9.74. The first-order valence-electron chi connectivity index (χ1n) is 12.0. The third kappa shape index (κ3) is 4.87. The molecule has 0 atom stereocenters. The Labute approximate surface area is 200 Å². The van der Waals surface area contributed by atoms with Crippen LogP contribution in [0.15, 0.2) is 48.9 Å². The van der Waals surface area contributed by atoms with Crippen LogP contribution in [0.1, 0.15) is 37.2 Å². The van der Waals surface area contributed by atoms with E-state index >= 15 is 0 Å². The van der Waals surface area contributed by atoms with Crippen molar-refractivity contribution in [3.05, 3.63) is 59.5 Å². The number of carbonyl (C=O) groups excluding carboxylic acids is 1. The van der Waals surface area contributed by atoms with Gasteiger partial charge in [-0.25, -0.2) is 4.79 Å². The highest BCUT2D eigenvalue weighted by Crippen LogP contribution is 2.35. The van der Waals surface area contributed by atoms with Gasteiger partial charge >= 0.3 is 6.03 Å². The molecule has 7 heteroatoms. The minimum Gasteiger partial charge on any atom is -0.338 e. The van der Waals surface area contributed by atoms with Gasteiger partial charge in [0.1, 0.15) is 0 Å². The molecule has 1 N–H and O–H groups in total. The highest BCUT2D eigenvalue weighted by molar-refractivity contribution is 6.30. The molecule has 2 aromatic heterocycles. The van der Waals surface area contributed by atoms with Gasteiger partial charge in [0.2, 0.25) is 0 Å². The lowest BCUT2D eigenvalue weighted by Gasteiger charge is -2.33. The predicted octanol–water partition coefficient (Wildman–Crippen LogP) is 4.91. The number of benzene rings is 1. The van der Waals surface area contributed by atoms with E-state index in [0.717, 1.165) is 61.8 Å². The molecule has 6 nitrogen and oxygen atoms in total. The minimum absolute atomic E-state index is 0.0974. The lowest BCUT2D eigenvalue weighted by Crippen LogP contribution is -2.46. The van der Waals surface area contributed by atoms with Crippen molar-refractivity contribution in [2.75, 3.05) is 39.8 Å². The Morgan fingerprint density at radius 2 is 1.79 bits per heavy atom. The Bertz CT molecular complexity index is 1100. The van der Waals surface area contributed by atoms with Crippen molar-refractivity contribution in [1.82, 2.24) is 24.7 Å². The van der Waals surface area contributed by atoms with Crippen molar-refractivity contribution in [2.45, 2.75) is 31.6 Å². The molecule has 33 heavy (non-hydrogen) atoms. The van der Waals surface area contributed by atoms with Crippen molar-refractivity contribution in [2.24, 2.45) is 5.92 Å². The third-order valence-electron chi connectivity index (χ3n) is 7.35. The fraction of sp³-hybridized carbons (Fsp3) is 0.462. The molecule has 2 amide bonds. The van der Waals surface area contributed by atoms with Crippen molar-refractivity contribution in [3.8, 4) is 5.69 Å². The summed E-state index contributed by atoms with van der Waals surface area (Å²) in [5.41, 5.74) is 3.52. The van der Waals surface area contributed by atoms with Gasteiger partial charge in [-0.3, -0.25) is 4.98 Å². The maximum absolute atomic E-state index is 12.8. The van der Waals surface area contributed by atoms with Crippen molar-refractivity contribution >= 4 is 28.5 Å². The predicted molar refractivity (Wildman–Crippen MR) is 133 cm³/mol. The number of amides is 2. The average Bonchev–Trinajstić information content (AvgIpc) is 3.24. The van der Waals surface area contributed by atoms with Gasteiger partial charge in [-0.2, -0.15) is 0 Å². The molecule has 174 valence electrons. The fourth-order valence-electron chi connectivity index (χ4n) is 5.24. The van der Waals surface area contributed by atoms with Crippen LogP contribution < -0.4 is 5.32 Å². The Kier molecular flexibility index (Phi) is 6.56. The summed E-state index contributed by atoms with van der Waals surface area (Å²) in [6.45, 7) is 4.65. The van der Waals surface area contributed by atoms with E-state index < -0.39 is 0 Å². The number of urea groups is 1. The van der Waals surface area contributed by atoms with Gasteiger partial charge in [-0.05, 0) is 93.6 Å². The monoisotopic (exact) mass is 465 g/mol. The molecule has 0 radical (unpaired) electrons. The number of nitrogens with zero attached hydrogens (tertiary/aromatic N) is 4. The molecule has 0 saturated carbocycles. The molecule has 2 aliphatic heterocycles. The number of rotatable bonds is 4. The molecule has 0 bridgehead atoms. The Balaban J connectivity index is 1.24. The second-order valence-corrected chi connectivity index (χ2v) is 9.95. The van der Waals surface area contributed by atoms with Crippen LogP contribution in [0.25, 0.3) is 16.6 Å². The van der Waals surface area contributed by atoms with E-state index in [9.17, 15) is 4.79 Å². The Morgan fingerprint density at radius 3 is 2.52 bits per heavy atom. The van der Waals surface area contributed by atoms with Crippen molar-refractivity contribution < 1.29 is 4.79 Å². The molecule has 5 rings (SSSR count). The van der Waals surface area contributed by atoms with E-state index in [0.29, 0.717) is 11.8 Å². The zero-order valence-electron chi connectivity index (χ0n) is 19.2. The third-order valence-corrected chi connectivity index (χ3v) is 7.60. The molecule has 1 aromatic carbocycles. The molecule has 3 aromatic rings. The molecule has 2 aliphatic rings.